The van der Waals surface area contributed by atoms with Crippen molar-refractivity contribution < 1.29 is 9.59 Å². The first-order valence-electron chi connectivity index (χ1n) is 12.6. The lowest BCUT2D eigenvalue weighted by Gasteiger charge is -2.31. The molecule has 0 fully saturated rings. The van der Waals surface area contributed by atoms with E-state index in [4.69, 9.17) is 0 Å². The summed E-state index contributed by atoms with van der Waals surface area (Å²) < 4.78 is 0. The van der Waals surface area contributed by atoms with E-state index in [0.29, 0.717) is 30.1 Å². The lowest BCUT2D eigenvalue weighted by Crippen LogP contribution is -2.35. The van der Waals surface area contributed by atoms with Crippen molar-refractivity contribution in [3.63, 3.8) is 0 Å². The SMILES string of the molecule is O=C(N[C@@H]1C[C@@H](c2ccccc2)Cc2cccnc21)c1cnc2c(c1)C[C@@]1(C2)C(=O)Nc2ncccc21. The maximum atomic E-state index is 13.5. The molecule has 0 saturated carbocycles. The maximum Gasteiger partial charge on any atom is 0.253 e. The molecule has 7 rings (SSSR count). The number of carbonyl (C=O) groups is 2. The van der Waals surface area contributed by atoms with Gasteiger partial charge in [0.2, 0.25) is 5.91 Å². The molecule has 2 aliphatic carbocycles. The molecule has 4 aromatic rings. The molecule has 3 aromatic heterocycles. The zero-order valence-corrected chi connectivity index (χ0v) is 20.1. The number of nitrogens with one attached hydrogen (secondary N) is 2. The fourth-order valence-corrected chi connectivity index (χ4v) is 6.27. The van der Waals surface area contributed by atoms with Crippen LogP contribution in [0.5, 0.6) is 0 Å². The van der Waals surface area contributed by atoms with Crippen molar-refractivity contribution in [3.8, 4) is 0 Å². The number of nitrogens with zero attached hydrogens (tertiary/aromatic N) is 3. The molecular formula is C30H25N5O2. The van der Waals surface area contributed by atoms with Crippen molar-refractivity contribution in [2.75, 3.05) is 5.32 Å². The Morgan fingerprint density at radius 2 is 1.78 bits per heavy atom. The summed E-state index contributed by atoms with van der Waals surface area (Å²) in [5, 5.41) is 6.16. The number of pyridine rings is 3. The average Bonchev–Trinajstić information content (AvgIpc) is 3.45. The van der Waals surface area contributed by atoms with Crippen LogP contribution in [-0.4, -0.2) is 26.8 Å². The number of aromatic nitrogens is 3. The highest BCUT2D eigenvalue weighted by atomic mass is 16.2. The third-order valence-electron chi connectivity index (χ3n) is 8.09. The number of rotatable bonds is 3. The summed E-state index contributed by atoms with van der Waals surface area (Å²) in [4.78, 5) is 40.1. The fraction of sp³-hybridized carbons (Fsp3) is 0.233. The molecule has 3 aliphatic rings. The van der Waals surface area contributed by atoms with E-state index in [1.165, 1.54) is 11.1 Å². The van der Waals surface area contributed by atoms with Gasteiger partial charge < -0.3 is 10.6 Å². The second-order valence-electron chi connectivity index (χ2n) is 10.2. The van der Waals surface area contributed by atoms with E-state index >= 15 is 0 Å². The third-order valence-corrected chi connectivity index (χ3v) is 8.09. The van der Waals surface area contributed by atoms with E-state index in [9.17, 15) is 9.59 Å². The van der Waals surface area contributed by atoms with Crippen LogP contribution in [0.3, 0.4) is 0 Å². The standard InChI is InChI=1S/C30H25N5O2/c36-28(34-24-14-20(18-6-2-1-3-7-18)12-19-8-4-10-31-26(19)24)22-13-21-15-30(16-25(21)33-17-22)23-9-5-11-32-27(23)35-29(30)37/h1-11,13,17,20,24H,12,14-16H2,(H,34,36)(H,32,35,37)/t20-,24+,30-/m0/s1. The molecule has 0 unspecified atom stereocenters. The van der Waals surface area contributed by atoms with E-state index in [2.05, 4.69) is 55.9 Å². The minimum Gasteiger partial charge on any atom is -0.344 e. The van der Waals surface area contributed by atoms with Crippen molar-refractivity contribution in [1.82, 2.24) is 20.3 Å². The Kier molecular flexibility index (Phi) is 4.92. The molecule has 2 amide bonds. The van der Waals surface area contributed by atoms with E-state index in [1.807, 2.05) is 30.3 Å². The van der Waals surface area contributed by atoms with Gasteiger partial charge in [0.1, 0.15) is 5.82 Å². The molecule has 0 radical (unpaired) electrons. The number of benzene rings is 1. The third kappa shape index (κ3) is 3.53. The van der Waals surface area contributed by atoms with Crippen LogP contribution in [0.15, 0.2) is 79.3 Å². The van der Waals surface area contributed by atoms with Gasteiger partial charge in [-0.05, 0) is 60.1 Å². The highest BCUT2D eigenvalue weighted by Crippen LogP contribution is 2.46. The van der Waals surface area contributed by atoms with Crippen LogP contribution >= 0.6 is 0 Å². The molecule has 0 bridgehead atoms. The van der Waals surface area contributed by atoms with Crippen molar-refractivity contribution in [2.24, 2.45) is 0 Å². The quantitative estimate of drug-likeness (QED) is 0.454. The number of carbonyl (C=O) groups excluding carboxylic acids is 2. The van der Waals surface area contributed by atoms with Crippen LogP contribution in [0, 0.1) is 0 Å². The number of anilines is 1. The molecule has 7 heteroatoms. The Balaban J connectivity index is 1.15. The largest absolute Gasteiger partial charge is 0.344 e. The lowest BCUT2D eigenvalue weighted by molar-refractivity contribution is -0.120. The van der Waals surface area contributed by atoms with Gasteiger partial charge in [-0.2, -0.15) is 0 Å². The second-order valence-corrected chi connectivity index (χ2v) is 10.2. The Morgan fingerprint density at radius 1 is 0.946 bits per heavy atom. The first-order chi connectivity index (χ1) is 18.1. The van der Waals surface area contributed by atoms with Crippen LogP contribution in [0.2, 0.25) is 0 Å². The molecule has 7 nitrogen and oxygen atoms in total. The Hall–Kier alpha value is -4.39. The van der Waals surface area contributed by atoms with Gasteiger partial charge in [-0.25, -0.2) is 4.98 Å². The van der Waals surface area contributed by atoms with Crippen LogP contribution in [0.4, 0.5) is 5.82 Å². The molecular weight excluding hydrogens is 462 g/mol. The summed E-state index contributed by atoms with van der Waals surface area (Å²) >= 11 is 0. The molecule has 2 N–H and O–H groups in total. The zero-order valence-electron chi connectivity index (χ0n) is 20.1. The molecule has 0 saturated heterocycles. The van der Waals surface area contributed by atoms with Gasteiger partial charge in [-0.1, -0.05) is 42.5 Å². The van der Waals surface area contributed by atoms with Crippen molar-refractivity contribution in [3.05, 3.63) is 118 Å². The van der Waals surface area contributed by atoms with Gasteiger partial charge >= 0.3 is 0 Å². The smallest absolute Gasteiger partial charge is 0.253 e. The molecule has 3 atom stereocenters. The molecule has 4 heterocycles. The fourth-order valence-electron chi connectivity index (χ4n) is 6.27. The normalized spacial score (nSPS) is 23.2. The predicted molar refractivity (Wildman–Crippen MR) is 138 cm³/mol. The van der Waals surface area contributed by atoms with Gasteiger partial charge in [-0.15, -0.1) is 0 Å². The van der Waals surface area contributed by atoms with E-state index < -0.39 is 5.41 Å². The maximum absolute atomic E-state index is 13.5. The van der Waals surface area contributed by atoms with Gasteiger partial charge in [0.25, 0.3) is 5.91 Å². The molecule has 1 aliphatic heterocycles. The Bertz CT molecular complexity index is 1550. The van der Waals surface area contributed by atoms with E-state index in [0.717, 1.165) is 35.4 Å². The lowest BCUT2D eigenvalue weighted by atomic mass is 9.79. The number of hydrogen-bond acceptors (Lipinski definition) is 5. The van der Waals surface area contributed by atoms with Crippen LogP contribution in [-0.2, 0) is 29.5 Å². The van der Waals surface area contributed by atoms with Crippen LogP contribution < -0.4 is 10.6 Å². The van der Waals surface area contributed by atoms with Gasteiger partial charge in [0.15, 0.2) is 0 Å². The Morgan fingerprint density at radius 3 is 2.68 bits per heavy atom. The summed E-state index contributed by atoms with van der Waals surface area (Å²) in [5.41, 5.74) is 5.86. The number of fused-ring (bicyclic) bond motifs is 4. The first-order valence-corrected chi connectivity index (χ1v) is 12.6. The van der Waals surface area contributed by atoms with E-state index in [1.54, 1.807) is 18.6 Å². The predicted octanol–water partition coefficient (Wildman–Crippen LogP) is 4.06. The topological polar surface area (TPSA) is 96.9 Å². The molecule has 182 valence electrons. The average molecular weight is 488 g/mol. The first kappa shape index (κ1) is 21.9. The minimum atomic E-state index is -0.705. The minimum absolute atomic E-state index is 0.0537. The van der Waals surface area contributed by atoms with Gasteiger partial charge in [0.05, 0.1) is 22.7 Å². The molecule has 1 aromatic carbocycles. The van der Waals surface area contributed by atoms with Gasteiger partial charge in [0, 0.05) is 36.3 Å². The van der Waals surface area contributed by atoms with Crippen molar-refractivity contribution >= 4 is 17.6 Å². The summed E-state index contributed by atoms with van der Waals surface area (Å²) in [6, 6.07) is 20.0. The van der Waals surface area contributed by atoms with Gasteiger partial charge in [-0.3, -0.25) is 19.6 Å². The highest BCUT2D eigenvalue weighted by Gasteiger charge is 2.51. The van der Waals surface area contributed by atoms with Crippen LogP contribution in [0.1, 0.15) is 62.4 Å². The molecule has 1 spiro atoms. The Labute approximate surface area is 214 Å². The summed E-state index contributed by atoms with van der Waals surface area (Å²) in [5.74, 6) is 0.692. The zero-order chi connectivity index (χ0) is 25.0. The second kappa shape index (κ2) is 8.34. The van der Waals surface area contributed by atoms with Crippen molar-refractivity contribution in [2.45, 2.75) is 43.1 Å². The van der Waals surface area contributed by atoms with Crippen molar-refractivity contribution in [1.29, 1.82) is 0 Å². The summed E-state index contributed by atoms with van der Waals surface area (Å²) in [7, 11) is 0. The van der Waals surface area contributed by atoms with E-state index in [-0.39, 0.29) is 17.9 Å². The molecule has 37 heavy (non-hydrogen) atoms. The summed E-state index contributed by atoms with van der Waals surface area (Å²) in [6.07, 6.45) is 7.79. The monoisotopic (exact) mass is 487 g/mol. The van der Waals surface area contributed by atoms with Crippen LogP contribution in [0.25, 0.3) is 0 Å². The highest BCUT2D eigenvalue weighted by molar-refractivity contribution is 6.06. The summed E-state index contributed by atoms with van der Waals surface area (Å²) in [6.45, 7) is 0. The number of amides is 2. The number of hydrogen-bond donors (Lipinski definition) is 2.